The highest BCUT2D eigenvalue weighted by atomic mass is 35.5. The summed E-state index contributed by atoms with van der Waals surface area (Å²) in [5.74, 6) is 0.208. The van der Waals surface area contributed by atoms with E-state index in [1.807, 2.05) is 24.3 Å². The van der Waals surface area contributed by atoms with Gasteiger partial charge < -0.3 is 10.6 Å². The van der Waals surface area contributed by atoms with Crippen molar-refractivity contribution in [2.24, 2.45) is 0 Å². The number of benzene rings is 1. The lowest BCUT2D eigenvalue weighted by molar-refractivity contribution is 0.393. The van der Waals surface area contributed by atoms with Crippen molar-refractivity contribution in [3.05, 3.63) is 35.6 Å². The molecule has 0 bridgehead atoms. The molecule has 2 heterocycles. The number of nitrogens with zero attached hydrogens (tertiary/aromatic N) is 4. The number of anilines is 2. The average molecular weight is 382 g/mol. The molecule has 0 saturated carbocycles. The summed E-state index contributed by atoms with van der Waals surface area (Å²) < 4.78 is 24.8. The zero-order valence-electron chi connectivity index (χ0n) is 14.1. The minimum atomic E-state index is -3.17. The van der Waals surface area contributed by atoms with E-state index in [2.05, 4.69) is 14.9 Å². The summed E-state index contributed by atoms with van der Waals surface area (Å²) in [6.45, 7) is 1.49. The third-order valence-corrected chi connectivity index (χ3v) is 6.11. The Balaban J connectivity index is 1.74. The number of sulfonamides is 1. The smallest absolute Gasteiger partial charge is 0.211 e. The Labute approximate surface area is 152 Å². The first-order valence-electron chi connectivity index (χ1n) is 7.82. The lowest BCUT2D eigenvalue weighted by Crippen LogP contribution is -2.38. The first kappa shape index (κ1) is 17.9. The van der Waals surface area contributed by atoms with Crippen molar-refractivity contribution in [1.29, 1.82) is 0 Å². The fourth-order valence-electron chi connectivity index (χ4n) is 2.90. The lowest BCUT2D eigenvalue weighted by atomic mass is 10.1. The largest absolute Gasteiger partial charge is 0.381 e. The zero-order chi connectivity index (χ0) is 18.2. The molecule has 0 unspecified atom stereocenters. The molecule has 25 heavy (non-hydrogen) atoms. The van der Waals surface area contributed by atoms with E-state index in [9.17, 15) is 8.42 Å². The number of nitrogen functional groups attached to an aromatic ring is 1. The summed E-state index contributed by atoms with van der Waals surface area (Å²) in [7, 11) is -1.54. The zero-order valence-corrected chi connectivity index (χ0v) is 15.6. The standard InChI is InChI=1S/C16H20ClN5O2S/c1-21(25(2,23)24)13-7-8-22(10-13)12-5-3-11(4-6-12)14-9-19-16(18)15(17)20-14/h3-6,9,13H,7-8,10H2,1-2H3,(H2,18,19)/t13-/m1/s1. The maximum Gasteiger partial charge on any atom is 0.211 e. The molecule has 1 aromatic heterocycles. The topological polar surface area (TPSA) is 92.4 Å². The van der Waals surface area contributed by atoms with Crippen molar-refractivity contribution in [2.45, 2.75) is 12.5 Å². The van der Waals surface area contributed by atoms with Crippen molar-refractivity contribution in [3.63, 3.8) is 0 Å². The molecular formula is C16H20ClN5O2S. The quantitative estimate of drug-likeness (QED) is 0.868. The highest BCUT2D eigenvalue weighted by molar-refractivity contribution is 7.88. The maximum atomic E-state index is 11.7. The molecule has 7 nitrogen and oxygen atoms in total. The lowest BCUT2D eigenvalue weighted by Gasteiger charge is -2.23. The molecule has 0 spiro atoms. The van der Waals surface area contributed by atoms with Gasteiger partial charge in [-0.25, -0.2) is 22.7 Å². The highest BCUT2D eigenvalue weighted by Gasteiger charge is 2.30. The van der Waals surface area contributed by atoms with Crippen LogP contribution in [0.4, 0.5) is 11.5 Å². The van der Waals surface area contributed by atoms with Crippen LogP contribution in [-0.4, -0.2) is 55.1 Å². The monoisotopic (exact) mass is 381 g/mol. The molecule has 2 aromatic rings. The van der Waals surface area contributed by atoms with Crippen LogP contribution in [0.2, 0.25) is 5.15 Å². The van der Waals surface area contributed by atoms with Gasteiger partial charge in [-0.2, -0.15) is 0 Å². The Morgan fingerprint density at radius 2 is 2.00 bits per heavy atom. The molecule has 134 valence electrons. The number of rotatable bonds is 4. The third kappa shape index (κ3) is 3.86. The Morgan fingerprint density at radius 1 is 1.32 bits per heavy atom. The van der Waals surface area contributed by atoms with Crippen LogP contribution in [0.5, 0.6) is 0 Å². The molecule has 1 saturated heterocycles. The van der Waals surface area contributed by atoms with E-state index < -0.39 is 10.0 Å². The fraction of sp³-hybridized carbons (Fsp3) is 0.375. The van der Waals surface area contributed by atoms with Gasteiger partial charge in [0.05, 0.1) is 18.1 Å². The van der Waals surface area contributed by atoms with E-state index in [0.717, 1.165) is 24.2 Å². The van der Waals surface area contributed by atoms with Crippen molar-refractivity contribution in [3.8, 4) is 11.3 Å². The predicted molar refractivity (Wildman–Crippen MR) is 100 cm³/mol. The minimum absolute atomic E-state index is 0.00329. The molecule has 0 amide bonds. The van der Waals surface area contributed by atoms with Gasteiger partial charge in [0.1, 0.15) is 0 Å². The molecule has 1 fully saturated rings. The summed E-state index contributed by atoms with van der Waals surface area (Å²) in [6, 6.07) is 7.86. The van der Waals surface area contributed by atoms with Gasteiger partial charge in [0, 0.05) is 37.4 Å². The third-order valence-electron chi connectivity index (χ3n) is 4.48. The minimum Gasteiger partial charge on any atom is -0.381 e. The first-order chi connectivity index (χ1) is 11.8. The number of hydrogen-bond donors (Lipinski definition) is 1. The van der Waals surface area contributed by atoms with Crippen molar-refractivity contribution in [2.75, 3.05) is 37.0 Å². The Kier molecular flexibility index (Phi) is 4.86. The Hall–Kier alpha value is -1.90. The molecule has 1 aromatic carbocycles. The second kappa shape index (κ2) is 6.78. The Morgan fingerprint density at radius 3 is 2.60 bits per heavy atom. The van der Waals surface area contributed by atoms with Gasteiger partial charge in [0.2, 0.25) is 10.0 Å². The first-order valence-corrected chi connectivity index (χ1v) is 10.0. The number of halogens is 1. The van der Waals surface area contributed by atoms with Crippen LogP contribution < -0.4 is 10.6 Å². The van der Waals surface area contributed by atoms with Crippen LogP contribution in [-0.2, 0) is 10.0 Å². The van der Waals surface area contributed by atoms with Crippen LogP contribution in [0.3, 0.4) is 0 Å². The van der Waals surface area contributed by atoms with Gasteiger partial charge >= 0.3 is 0 Å². The van der Waals surface area contributed by atoms with Crippen molar-refractivity contribution < 1.29 is 8.42 Å². The maximum absolute atomic E-state index is 11.7. The van der Waals surface area contributed by atoms with Crippen LogP contribution in [0, 0.1) is 0 Å². The summed E-state index contributed by atoms with van der Waals surface area (Å²) in [5, 5.41) is 0.188. The molecule has 1 atom stereocenters. The number of likely N-dealkylation sites (N-methyl/N-ethyl adjacent to an activating group) is 1. The molecule has 0 aliphatic carbocycles. The normalized spacial score (nSPS) is 18.1. The predicted octanol–water partition coefficient (Wildman–Crippen LogP) is 1.85. The van der Waals surface area contributed by atoms with Gasteiger partial charge in [-0.3, -0.25) is 0 Å². The highest BCUT2D eigenvalue weighted by Crippen LogP contribution is 2.27. The van der Waals surface area contributed by atoms with E-state index in [1.165, 1.54) is 10.6 Å². The van der Waals surface area contributed by atoms with Crippen LogP contribution in [0.15, 0.2) is 30.5 Å². The number of hydrogen-bond acceptors (Lipinski definition) is 6. The van der Waals surface area contributed by atoms with E-state index in [4.69, 9.17) is 17.3 Å². The van der Waals surface area contributed by atoms with Gasteiger partial charge in [0.15, 0.2) is 11.0 Å². The summed E-state index contributed by atoms with van der Waals surface area (Å²) in [6.07, 6.45) is 3.64. The molecule has 3 rings (SSSR count). The number of nitrogens with two attached hydrogens (primary N) is 1. The SMILES string of the molecule is CN([C@@H]1CCN(c2ccc(-c3cnc(N)c(Cl)n3)cc2)C1)S(C)(=O)=O. The van der Waals surface area contributed by atoms with E-state index in [-0.39, 0.29) is 17.0 Å². The second-order valence-corrected chi connectivity index (χ2v) is 8.55. The van der Waals surface area contributed by atoms with Crippen molar-refractivity contribution in [1.82, 2.24) is 14.3 Å². The van der Waals surface area contributed by atoms with E-state index in [1.54, 1.807) is 13.2 Å². The number of aromatic nitrogens is 2. The molecule has 0 radical (unpaired) electrons. The van der Waals surface area contributed by atoms with Crippen LogP contribution in [0.1, 0.15) is 6.42 Å². The molecular weight excluding hydrogens is 362 g/mol. The van der Waals surface area contributed by atoms with Crippen molar-refractivity contribution >= 4 is 33.1 Å². The summed E-state index contributed by atoms with van der Waals surface area (Å²) in [4.78, 5) is 10.4. The molecule has 1 aliphatic heterocycles. The summed E-state index contributed by atoms with van der Waals surface area (Å²) >= 11 is 5.92. The second-order valence-electron chi connectivity index (χ2n) is 6.15. The summed E-state index contributed by atoms with van der Waals surface area (Å²) in [5.41, 5.74) is 8.17. The van der Waals surface area contributed by atoms with Gasteiger partial charge in [-0.1, -0.05) is 23.7 Å². The van der Waals surface area contributed by atoms with Gasteiger partial charge in [0.25, 0.3) is 0 Å². The fourth-order valence-corrected chi connectivity index (χ4v) is 3.76. The van der Waals surface area contributed by atoms with Crippen LogP contribution in [0.25, 0.3) is 11.3 Å². The average Bonchev–Trinajstić information content (AvgIpc) is 3.06. The van der Waals surface area contributed by atoms with Crippen LogP contribution >= 0.6 is 11.6 Å². The van der Waals surface area contributed by atoms with Gasteiger partial charge in [-0.05, 0) is 18.6 Å². The molecule has 2 N–H and O–H groups in total. The van der Waals surface area contributed by atoms with Gasteiger partial charge in [-0.15, -0.1) is 0 Å². The van der Waals surface area contributed by atoms with E-state index >= 15 is 0 Å². The molecule has 9 heteroatoms. The van der Waals surface area contributed by atoms with E-state index in [0.29, 0.717) is 12.2 Å². The Bertz CT molecular complexity index is 873. The molecule has 1 aliphatic rings.